The smallest absolute Gasteiger partial charge is 0.335 e. The van der Waals surface area contributed by atoms with Gasteiger partial charge in [0.2, 0.25) is 23.2 Å². The van der Waals surface area contributed by atoms with Crippen molar-refractivity contribution in [2.45, 2.75) is 30.7 Å². The second-order valence-corrected chi connectivity index (χ2v) is 7.80. The number of carboxylic acid groups (broad SMARTS) is 1. The Morgan fingerprint density at radius 1 is 0.917 bits per heavy atom. The fraction of sp³-hybridized carbons (Fsp3) is 0.273. The van der Waals surface area contributed by atoms with Crippen molar-refractivity contribution in [3.8, 4) is 45.8 Å². The van der Waals surface area contributed by atoms with Gasteiger partial charge in [-0.3, -0.25) is 4.79 Å². The van der Waals surface area contributed by atoms with Crippen LogP contribution in [0.5, 0.6) is 34.5 Å². The van der Waals surface area contributed by atoms with Crippen LogP contribution in [0, 0.1) is 0 Å². The first-order valence-corrected chi connectivity index (χ1v) is 10.2. The molecule has 192 valence electrons. The van der Waals surface area contributed by atoms with Gasteiger partial charge in [0.05, 0.1) is 7.11 Å². The molecule has 2 heterocycles. The molecule has 0 saturated carbocycles. The summed E-state index contributed by atoms with van der Waals surface area (Å²) < 4.78 is 21.1. The number of hydrogen-bond donors (Lipinski definition) is 8. The minimum atomic E-state index is -2.05. The Morgan fingerprint density at radius 3 is 2.22 bits per heavy atom. The Balaban J connectivity index is 1.95. The molecule has 1 aliphatic heterocycles. The van der Waals surface area contributed by atoms with Gasteiger partial charge in [-0.2, -0.15) is 0 Å². The van der Waals surface area contributed by atoms with Gasteiger partial charge in [-0.1, -0.05) is 0 Å². The van der Waals surface area contributed by atoms with Crippen molar-refractivity contribution in [3.63, 3.8) is 0 Å². The summed E-state index contributed by atoms with van der Waals surface area (Å²) >= 11 is 0. The average molecular weight is 508 g/mol. The molecule has 1 aromatic heterocycles. The monoisotopic (exact) mass is 508 g/mol. The van der Waals surface area contributed by atoms with Crippen molar-refractivity contribution in [1.82, 2.24) is 0 Å². The standard InChI is InChI=1S/C22H20O14/c1-33-18-9(25)5-10-11(12(18)26)13(27)19(17(34-10)6-2-3-7(23)8(24)4-6)35-22-16(30)14(28)15(29)20(36-22)21(31)32/h2-5,14-16,20,22-26,28-30H,1H3,(H,31,32)/t14?,15-,16?,20-,22+/m0/s1. The van der Waals surface area contributed by atoms with E-state index < -0.39 is 87.7 Å². The Bertz CT molecular complexity index is 1400. The van der Waals surface area contributed by atoms with E-state index in [4.69, 9.17) is 18.6 Å². The predicted octanol–water partition coefficient (Wildman–Crippen LogP) is -0.438. The summed E-state index contributed by atoms with van der Waals surface area (Å²) in [7, 11) is 1.11. The molecule has 5 atom stereocenters. The Kier molecular flexibility index (Phi) is 6.28. The van der Waals surface area contributed by atoms with E-state index in [9.17, 15) is 50.4 Å². The highest BCUT2D eigenvalue weighted by atomic mass is 16.7. The van der Waals surface area contributed by atoms with Crippen LogP contribution in [0.15, 0.2) is 33.5 Å². The summed E-state index contributed by atoms with van der Waals surface area (Å²) in [6.07, 6.45) is -10.2. The first-order chi connectivity index (χ1) is 17.0. The van der Waals surface area contributed by atoms with Crippen LogP contribution in [0.2, 0.25) is 0 Å². The van der Waals surface area contributed by atoms with Crippen molar-refractivity contribution in [2.75, 3.05) is 7.11 Å². The first-order valence-electron chi connectivity index (χ1n) is 10.2. The number of carbonyl (C=O) groups is 1. The van der Waals surface area contributed by atoms with Gasteiger partial charge < -0.3 is 59.5 Å². The number of aliphatic carboxylic acids is 1. The van der Waals surface area contributed by atoms with Crippen LogP contribution in [0.1, 0.15) is 0 Å². The van der Waals surface area contributed by atoms with Crippen molar-refractivity contribution >= 4 is 16.9 Å². The van der Waals surface area contributed by atoms with Gasteiger partial charge in [0.15, 0.2) is 34.9 Å². The Morgan fingerprint density at radius 2 is 1.61 bits per heavy atom. The third kappa shape index (κ3) is 3.97. The molecule has 2 aromatic carbocycles. The number of aliphatic hydroxyl groups is 3. The molecular formula is C22H20O14. The lowest BCUT2D eigenvalue weighted by molar-refractivity contribution is -0.271. The number of benzene rings is 2. The second kappa shape index (κ2) is 9.09. The highest BCUT2D eigenvalue weighted by molar-refractivity contribution is 5.91. The fourth-order valence-electron chi connectivity index (χ4n) is 3.71. The molecule has 3 aromatic rings. The number of phenolic OH excluding ortho intramolecular Hbond substituents is 4. The first kappa shape index (κ1) is 24.9. The fourth-order valence-corrected chi connectivity index (χ4v) is 3.71. The summed E-state index contributed by atoms with van der Waals surface area (Å²) in [6, 6.07) is 4.18. The molecule has 0 spiro atoms. The van der Waals surface area contributed by atoms with Gasteiger partial charge in [0, 0.05) is 11.6 Å². The van der Waals surface area contributed by atoms with E-state index in [0.717, 1.165) is 25.3 Å². The molecule has 1 aliphatic rings. The summed E-state index contributed by atoms with van der Waals surface area (Å²) in [5, 5.41) is 79.2. The Labute approximate surface area is 200 Å². The lowest BCUT2D eigenvalue weighted by Gasteiger charge is -2.38. The normalized spacial score (nSPS) is 23.9. The summed E-state index contributed by atoms with van der Waals surface area (Å²) in [6.45, 7) is 0. The van der Waals surface area contributed by atoms with Crippen molar-refractivity contribution < 1.29 is 64.3 Å². The number of methoxy groups -OCH3 is 1. The predicted molar refractivity (Wildman–Crippen MR) is 116 cm³/mol. The van der Waals surface area contributed by atoms with E-state index in [1.54, 1.807) is 0 Å². The van der Waals surface area contributed by atoms with Crippen LogP contribution in [0.3, 0.4) is 0 Å². The molecule has 0 amide bonds. The van der Waals surface area contributed by atoms with Crippen LogP contribution < -0.4 is 14.9 Å². The number of ether oxygens (including phenoxy) is 3. The topological polar surface area (TPSA) is 237 Å². The number of carboxylic acids is 1. The number of aromatic hydroxyl groups is 4. The molecule has 2 unspecified atom stereocenters. The molecule has 8 N–H and O–H groups in total. The van der Waals surface area contributed by atoms with Crippen molar-refractivity contribution in [1.29, 1.82) is 0 Å². The maximum absolute atomic E-state index is 13.5. The molecule has 1 fully saturated rings. The second-order valence-electron chi connectivity index (χ2n) is 7.80. The molecule has 1 saturated heterocycles. The molecule has 14 heteroatoms. The number of rotatable bonds is 5. The third-order valence-corrected chi connectivity index (χ3v) is 5.54. The molecule has 14 nitrogen and oxygen atoms in total. The van der Waals surface area contributed by atoms with Crippen LogP contribution in [-0.2, 0) is 9.53 Å². The molecule has 0 aliphatic carbocycles. The van der Waals surface area contributed by atoms with E-state index in [2.05, 4.69) is 0 Å². The van der Waals surface area contributed by atoms with E-state index >= 15 is 0 Å². The van der Waals surface area contributed by atoms with Gasteiger partial charge in [0.25, 0.3) is 0 Å². The van der Waals surface area contributed by atoms with Gasteiger partial charge in [-0.15, -0.1) is 0 Å². The summed E-state index contributed by atoms with van der Waals surface area (Å²) in [5.41, 5.74) is -1.55. The minimum Gasteiger partial charge on any atom is -0.504 e. The van der Waals surface area contributed by atoms with Gasteiger partial charge >= 0.3 is 5.97 Å². The maximum atomic E-state index is 13.5. The van der Waals surface area contributed by atoms with Crippen LogP contribution in [-0.4, -0.2) is 84.6 Å². The van der Waals surface area contributed by atoms with Crippen LogP contribution in [0.25, 0.3) is 22.3 Å². The van der Waals surface area contributed by atoms with Gasteiger partial charge in [-0.25, -0.2) is 4.79 Å². The van der Waals surface area contributed by atoms with Crippen LogP contribution >= 0.6 is 0 Å². The number of aliphatic hydroxyl groups excluding tert-OH is 3. The highest BCUT2D eigenvalue weighted by Gasteiger charge is 2.48. The lowest BCUT2D eigenvalue weighted by Crippen LogP contribution is -2.61. The number of fused-ring (bicyclic) bond motifs is 1. The third-order valence-electron chi connectivity index (χ3n) is 5.54. The Hall–Kier alpha value is -4.24. The van der Waals surface area contributed by atoms with Crippen molar-refractivity contribution in [3.05, 3.63) is 34.5 Å². The molecule has 0 radical (unpaired) electrons. The maximum Gasteiger partial charge on any atom is 0.335 e. The average Bonchev–Trinajstić information content (AvgIpc) is 2.82. The summed E-state index contributed by atoms with van der Waals surface area (Å²) in [4.78, 5) is 24.9. The molecule has 36 heavy (non-hydrogen) atoms. The molecule has 0 bridgehead atoms. The zero-order chi connectivity index (χ0) is 26.5. The van der Waals surface area contributed by atoms with E-state index in [0.29, 0.717) is 0 Å². The van der Waals surface area contributed by atoms with E-state index in [-0.39, 0.29) is 11.1 Å². The van der Waals surface area contributed by atoms with E-state index in [1.807, 2.05) is 0 Å². The number of hydrogen-bond acceptors (Lipinski definition) is 13. The molecular weight excluding hydrogens is 488 g/mol. The van der Waals surface area contributed by atoms with Gasteiger partial charge in [0.1, 0.15) is 29.3 Å². The van der Waals surface area contributed by atoms with Gasteiger partial charge in [-0.05, 0) is 18.2 Å². The minimum absolute atomic E-state index is 0.0743. The zero-order valence-corrected chi connectivity index (χ0v) is 18.2. The lowest BCUT2D eigenvalue weighted by atomic mass is 9.99. The van der Waals surface area contributed by atoms with Crippen molar-refractivity contribution in [2.24, 2.45) is 0 Å². The van der Waals surface area contributed by atoms with E-state index in [1.165, 1.54) is 6.07 Å². The summed E-state index contributed by atoms with van der Waals surface area (Å²) in [5.74, 6) is -6.00. The zero-order valence-electron chi connectivity index (χ0n) is 18.2. The SMILES string of the molecule is COc1c(O)cc2oc(-c3ccc(O)c(O)c3)c(O[C@@H]3O[C@H](C(=O)O)[C@@H](O)C(O)C3O)c(=O)c2c1O. The highest BCUT2D eigenvalue weighted by Crippen LogP contribution is 2.44. The van der Waals surface area contributed by atoms with Crippen LogP contribution in [0.4, 0.5) is 0 Å². The largest absolute Gasteiger partial charge is 0.504 e. The molecule has 4 rings (SSSR count). The quantitative estimate of drug-likeness (QED) is 0.204. The number of phenols is 4.